The fourth-order valence-electron chi connectivity index (χ4n) is 2.29. The molecule has 2 heterocycles. The highest BCUT2D eigenvalue weighted by molar-refractivity contribution is 5.92. The SMILES string of the molecule is Cc1ccc(Nc2cc(C(=O)NCc3cccnc3)ncn2)cc1C. The van der Waals surface area contributed by atoms with Crippen LogP contribution in [0.4, 0.5) is 11.5 Å². The summed E-state index contributed by atoms with van der Waals surface area (Å²) in [6.45, 7) is 4.52. The van der Waals surface area contributed by atoms with Crippen LogP contribution in [0.1, 0.15) is 27.2 Å². The van der Waals surface area contributed by atoms with Crippen molar-refractivity contribution in [1.82, 2.24) is 20.3 Å². The van der Waals surface area contributed by atoms with Crippen LogP contribution >= 0.6 is 0 Å². The Hall–Kier alpha value is -3.28. The molecule has 0 radical (unpaired) electrons. The predicted molar refractivity (Wildman–Crippen MR) is 96.6 cm³/mol. The summed E-state index contributed by atoms with van der Waals surface area (Å²) in [5.74, 6) is 0.319. The zero-order valence-electron chi connectivity index (χ0n) is 14.2. The molecule has 0 aliphatic heterocycles. The molecule has 1 amide bonds. The van der Waals surface area contributed by atoms with E-state index >= 15 is 0 Å². The molecule has 0 aliphatic rings. The summed E-state index contributed by atoms with van der Waals surface area (Å²) in [5, 5.41) is 6.03. The molecule has 3 aromatic rings. The third kappa shape index (κ3) is 4.38. The van der Waals surface area contributed by atoms with Crippen LogP contribution in [0, 0.1) is 13.8 Å². The molecule has 6 heteroatoms. The summed E-state index contributed by atoms with van der Waals surface area (Å²) in [5.41, 5.74) is 4.57. The number of carbonyl (C=O) groups is 1. The summed E-state index contributed by atoms with van der Waals surface area (Å²) in [4.78, 5) is 24.5. The molecule has 0 fully saturated rings. The number of nitrogens with one attached hydrogen (secondary N) is 2. The lowest BCUT2D eigenvalue weighted by Crippen LogP contribution is -2.24. The Balaban J connectivity index is 1.68. The highest BCUT2D eigenvalue weighted by atomic mass is 16.1. The fourth-order valence-corrected chi connectivity index (χ4v) is 2.29. The van der Waals surface area contributed by atoms with Crippen LogP contribution in [0.25, 0.3) is 0 Å². The van der Waals surface area contributed by atoms with Crippen LogP contribution in [0.15, 0.2) is 55.1 Å². The Morgan fingerprint density at radius 2 is 1.96 bits per heavy atom. The number of hydrogen-bond acceptors (Lipinski definition) is 5. The fraction of sp³-hybridized carbons (Fsp3) is 0.158. The molecule has 0 saturated carbocycles. The predicted octanol–water partition coefficient (Wildman–Crippen LogP) is 3.16. The van der Waals surface area contributed by atoms with E-state index in [9.17, 15) is 4.79 Å². The zero-order valence-corrected chi connectivity index (χ0v) is 14.2. The van der Waals surface area contributed by atoms with Crippen molar-refractivity contribution in [3.63, 3.8) is 0 Å². The van der Waals surface area contributed by atoms with Gasteiger partial charge in [0.2, 0.25) is 0 Å². The van der Waals surface area contributed by atoms with Gasteiger partial charge in [0.05, 0.1) is 0 Å². The van der Waals surface area contributed by atoms with Crippen molar-refractivity contribution >= 4 is 17.4 Å². The molecule has 2 N–H and O–H groups in total. The Bertz CT molecular complexity index is 880. The van der Waals surface area contributed by atoms with Crippen molar-refractivity contribution in [2.24, 2.45) is 0 Å². The van der Waals surface area contributed by atoms with E-state index < -0.39 is 0 Å². The molecule has 126 valence electrons. The number of aryl methyl sites for hydroxylation is 2. The first-order valence-corrected chi connectivity index (χ1v) is 7.95. The molecule has 0 bridgehead atoms. The molecule has 1 aromatic carbocycles. The average Bonchev–Trinajstić information content (AvgIpc) is 2.64. The van der Waals surface area contributed by atoms with Crippen molar-refractivity contribution in [3.8, 4) is 0 Å². The van der Waals surface area contributed by atoms with Gasteiger partial charge in [-0.1, -0.05) is 12.1 Å². The van der Waals surface area contributed by atoms with Gasteiger partial charge in [-0.15, -0.1) is 0 Å². The van der Waals surface area contributed by atoms with E-state index in [1.165, 1.54) is 17.5 Å². The minimum atomic E-state index is -0.255. The number of aromatic nitrogens is 3. The lowest BCUT2D eigenvalue weighted by molar-refractivity contribution is 0.0945. The van der Waals surface area contributed by atoms with E-state index in [0.717, 1.165) is 11.3 Å². The Kier molecular flexibility index (Phi) is 4.99. The van der Waals surface area contributed by atoms with Crippen LogP contribution in [-0.2, 0) is 6.54 Å². The number of benzene rings is 1. The van der Waals surface area contributed by atoms with E-state index in [1.54, 1.807) is 18.5 Å². The number of amides is 1. The van der Waals surface area contributed by atoms with Crippen molar-refractivity contribution < 1.29 is 4.79 Å². The topological polar surface area (TPSA) is 79.8 Å². The Labute approximate surface area is 146 Å². The maximum atomic E-state index is 12.3. The number of carbonyl (C=O) groups excluding carboxylic acids is 1. The second-order valence-corrected chi connectivity index (χ2v) is 5.76. The first-order valence-electron chi connectivity index (χ1n) is 7.95. The van der Waals surface area contributed by atoms with E-state index in [4.69, 9.17) is 0 Å². The molecule has 0 saturated heterocycles. The van der Waals surface area contributed by atoms with E-state index in [-0.39, 0.29) is 5.91 Å². The summed E-state index contributed by atoms with van der Waals surface area (Å²) in [7, 11) is 0. The quantitative estimate of drug-likeness (QED) is 0.750. The van der Waals surface area contributed by atoms with Gasteiger partial charge >= 0.3 is 0 Å². The smallest absolute Gasteiger partial charge is 0.270 e. The molecule has 6 nitrogen and oxygen atoms in total. The van der Waals surface area contributed by atoms with E-state index in [0.29, 0.717) is 18.1 Å². The molecular weight excluding hydrogens is 314 g/mol. The van der Waals surface area contributed by atoms with Gasteiger partial charge in [0.25, 0.3) is 5.91 Å². The number of rotatable bonds is 5. The maximum Gasteiger partial charge on any atom is 0.270 e. The van der Waals surface area contributed by atoms with Gasteiger partial charge in [-0.25, -0.2) is 9.97 Å². The van der Waals surface area contributed by atoms with Gasteiger partial charge in [0.15, 0.2) is 0 Å². The highest BCUT2D eigenvalue weighted by Crippen LogP contribution is 2.18. The third-order valence-electron chi connectivity index (χ3n) is 3.85. The molecule has 2 aromatic heterocycles. The van der Waals surface area contributed by atoms with Crippen LogP contribution < -0.4 is 10.6 Å². The summed E-state index contributed by atoms with van der Waals surface area (Å²) < 4.78 is 0. The number of anilines is 2. The Morgan fingerprint density at radius 1 is 1.08 bits per heavy atom. The van der Waals surface area contributed by atoms with Crippen LogP contribution in [0.3, 0.4) is 0 Å². The van der Waals surface area contributed by atoms with Crippen molar-refractivity contribution in [2.45, 2.75) is 20.4 Å². The van der Waals surface area contributed by atoms with Gasteiger partial charge in [-0.05, 0) is 48.7 Å². The number of hydrogen-bond donors (Lipinski definition) is 2. The van der Waals surface area contributed by atoms with Crippen molar-refractivity contribution in [1.29, 1.82) is 0 Å². The average molecular weight is 333 g/mol. The standard InChI is InChI=1S/C19H19N5O/c1-13-5-6-16(8-14(13)2)24-18-9-17(22-12-23-18)19(25)21-11-15-4-3-7-20-10-15/h3-10,12H,11H2,1-2H3,(H,21,25)(H,22,23,24). The van der Waals surface area contributed by atoms with Gasteiger partial charge in [-0.2, -0.15) is 0 Å². The van der Waals surface area contributed by atoms with Crippen molar-refractivity contribution in [3.05, 3.63) is 77.5 Å². The van der Waals surface area contributed by atoms with Crippen LogP contribution in [-0.4, -0.2) is 20.9 Å². The first kappa shape index (κ1) is 16.6. The molecular formula is C19H19N5O. The number of pyridine rings is 1. The van der Waals surface area contributed by atoms with Gasteiger partial charge < -0.3 is 10.6 Å². The molecule has 0 unspecified atom stereocenters. The third-order valence-corrected chi connectivity index (χ3v) is 3.85. The summed E-state index contributed by atoms with van der Waals surface area (Å²) >= 11 is 0. The molecule has 25 heavy (non-hydrogen) atoms. The zero-order chi connectivity index (χ0) is 17.6. The lowest BCUT2D eigenvalue weighted by Gasteiger charge is -2.09. The summed E-state index contributed by atoms with van der Waals surface area (Å²) in [6.07, 6.45) is 4.79. The number of nitrogens with zero attached hydrogens (tertiary/aromatic N) is 3. The van der Waals surface area contributed by atoms with Crippen LogP contribution in [0.5, 0.6) is 0 Å². The largest absolute Gasteiger partial charge is 0.347 e. The Morgan fingerprint density at radius 3 is 2.72 bits per heavy atom. The first-order chi connectivity index (χ1) is 12.1. The molecule has 0 spiro atoms. The normalized spacial score (nSPS) is 10.3. The van der Waals surface area contributed by atoms with E-state index in [2.05, 4.69) is 39.4 Å². The molecule has 0 atom stereocenters. The highest BCUT2D eigenvalue weighted by Gasteiger charge is 2.09. The second kappa shape index (κ2) is 7.53. The van der Waals surface area contributed by atoms with Crippen LogP contribution in [0.2, 0.25) is 0 Å². The molecule has 0 aliphatic carbocycles. The van der Waals surface area contributed by atoms with Gasteiger partial charge in [0.1, 0.15) is 17.8 Å². The molecule has 3 rings (SSSR count). The van der Waals surface area contributed by atoms with Gasteiger partial charge in [0, 0.05) is 30.7 Å². The van der Waals surface area contributed by atoms with Gasteiger partial charge in [-0.3, -0.25) is 9.78 Å². The minimum Gasteiger partial charge on any atom is -0.347 e. The maximum absolute atomic E-state index is 12.3. The lowest BCUT2D eigenvalue weighted by atomic mass is 10.1. The second-order valence-electron chi connectivity index (χ2n) is 5.76. The monoisotopic (exact) mass is 333 g/mol. The summed E-state index contributed by atoms with van der Waals surface area (Å²) in [6, 6.07) is 11.4. The minimum absolute atomic E-state index is 0.255. The van der Waals surface area contributed by atoms with E-state index in [1.807, 2.05) is 30.3 Å². The van der Waals surface area contributed by atoms with Crippen molar-refractivity contribution in [2.75, 3.05) is 5.32 Å².